The van der Waals surface area contributed by atoms with Crippen molar-refractivity contribution in [2.24, 2.45) is 5.92 Å². The van der Waals surface area contributed by atoms with E-state index >= 15 is 0 Å². The van der Waals surface area contributed by atoms with Crippen molar-refractivity contribution in [3.05, 3.63) is 32.8 Å². The van der Waals surface area contributed by atoms with Gasteiger partial charge in [-0.05, 0) is 18.4 Å². The zero-order chi connectivity index (χ0) is 13.0. The second-order valence-corrected chi connectivity index (χ2v) is 4.45. The van der Waals surface area contributed by atoms with Crippen LogP contribution in [-0.4, -0.2) is 23.2 Å². The number of benzene rings is 1. The molecule has 0 saturated heterocycles. The number of aryl methyl sites for hydroxylation is 1. The summed E-state index contributed by atoms with van der Waals surface area (Å²) in [5.41, 5.74) is 1.38. The largest absolute Gasteiger partial charge is 0.396 e. The summed E-state index contributed by atoms with van der Waals surface area (Å²) in [5.74, 6) is 0.0978. The van der Waals surface area contributed by atoms with Crippen LogP contribution >= 0.6 is 11.6 Å². The first-order valence-corrected chi connectivity index (χ1v) is 5.62. The van der Waals surface area contributed by atoms with Crippen LogP contribution < -0.4 is 5.32 Å². The molecule has 94 valence electrons. The molecule has 0 aliphatic rings. The van der Waals surface area contributed by atoms with Crippen LogP contribution in [0.25, 0.3) is 0 Å². The van der Waals surface area contributed by atoms with Gasteiger partial charge in [0.1, 0.15) is 0 Å². The minimum Gasteiger partial charge on any atom is -0.396 e. The molecule has 0 bridgehead atoms. The van der Waals surface area contributed by atoms with E-state index in [1.165, 1.54) is 12.1 Å². The Hall–Kier alpha value is -1.33. The molecule has 0 fully saturated rings. The molecular weight excluding hydrogens is 244 g/mol. The molecule has 6 heteroatoms. The molecule has 0 heterocycles. The summed E-state index contributed by atoms with van der Waals surface area (Å²) in [6, 6.07) is 2.79. The highest BCUT2D eigenvalue weighted by molar-refractivity contribution is 6.33. The molecule has 17 heavy (non-hydrogen) atoms. The van der Waals surface area contributed by atoms with Gasteiger partial charge in [-0.3, -0.25) is 10.1 Å². The highest BCUT2D eigenvalue weighted by atomic mass is 35.5. The van der Waals surface area contributed by atoms with E-state index in [1.807, 2.05) is 6.92 Å². The van der Waals surface area contributed by atoms with Crippen LogP contribution in [0.2, 0.25) is 5.02 Å². The molecule has 0 aliphatic carbocycles. The van der Waals surface area contributed by atoms with Gasteiger partial charge in [0.25, 0.3) is 5.69 Å². The number of nitro benzene ring substituents is 1. The van der Waals surface area contributed by atoms with E-state index in [1.54, 1.807) is 6.92 Å². The summed E-state index contributed by atoms with van der Waals surface area (Å²) in [5, 5.41) is 22.9. The number of nitrogens with one attached hydrogen (secondary N) is 1. The molecule has 2 N–H and O–H groups in total. The molecule has 1 unspecified atom stereocenters. The van der Waals surface area contributed by atoms with Gasteiger partial charge < -0.3 is 10.4 Å². The number of nitro groups is 1. The van der Waals surface area contributed by atoms with E-state index < -0.39 is 4.92 Å². The lowest BCUT2D eigenvalue weighted by Gasteiger charge is -2.14. The highest BCUT2D eigenvalue weighted by Gasteiger charge is 2.13. The van der Waals surface area contributed by atoms with Gasteiger partial charge in [-0.2, -0.15) is 0 Å². The van der Waals surface area contributed by atoms with E-state index in [4.69, 9.17) is 16.7 Å². The van der Waals surface area contributed by atoms with Crippen LogP contribution in [0.3, 0.4) is 0 Å². The van der Waals surface area contributed by atoms with Crippen molar-refractivity contribution in [1.29, 1.82) is 0 Å². The molecule has 0 spiro atoms. The van der Waals surface area contributed by atoms with Crippen LogP contribution in [0.1, 0.15) is 12.5 Å². The summed E-state index contributed by atoms with van der Waals surface area (Å²) in [7, 11) is 0. The normalized spacial score (nSPS) is 12.2. The fourth-order valence-electron chi connectivity index (χ4n) is 1.40. The van der Waals surface area contributed by atoms with Crippen molar-refractivity contribution in [2.75, 3.05) is 18.5 Å². The molecule has 1 aromatic carbocycles. The fourth-order valence-corrected chi connectivity index (χ4v) is 1.72. The van der Waals surface area contributed by atoms with Gasteiger partial charge in [-0.15, -0.1) is 0 Å². The van der Waals surface area contributed by atoms with Crippen molar-refractivity contribution in [1.82, 2.24) is 0 Å². The number of halogens is 1. The van der Waals surface area contributed by atoms with E-state index in [0.717, 1.165) is 0 Å². The molecule has 0 amide bonds. The number of anilines is 1. The summed E-state index contributed by atoms with van der Waals surface area (Å²) in [4.78, 5) is 10.1. The highest BCUT2D eigenvalue weighted by Crippen LogP contribution is 2.30. The molecule has 1 aromatic rings. The zero-order valence-corrected chi connectivity index (χ0v) is 10.5. The fraction of sp³-hybridized carbons (Fsp3) is 0.455. The molecule has 0 radical (unpaired) electrons. The minimum atomic E-state index is -0.473. The Morgan fingerprint density at radius 3 is 2.71 bits per heavy atom. The summed E-state index contributed by atoms with van der Waals surface area (Å²) in [6.45, 7) is 4.29. The van der Waals surface area contributed by atoms with E-state index in [-0.39, 0.29) is 18.2 Å². The van der Waals surface area contributed by atoms with Gasteiger partial charge >= 0.3 is 0 Å². The van der Waals surface area contributed by atoms with E-state index in [2.05, 4.69) is 5.32 Å². The first-order chi connectivity index (χ1) is 7.95. The van der Waals surface area contributed by atoms with Gasteiger partial charge in [-0.25, -0.2) is 0 Å². The Morgan fingerprint density at radius 2 is 2.24 bits per heavy atom. The van der Waals surface area contributed by atoms with Crippen molar-refractivity contribution < 1.29 is 10.0 Å². The van der Waals surface area contributed by atoms with Crippen molar-refractivity contribution in [2.45, 2.75) is 13.8 Å². The Morgan fingerprint density at radius 1 is 1.59 bits per heavy atom. The Labute approximate surface area is 105 Å². The maximum atomic E-state index is 10.6. The Bertz CT molecular complexity index is 400. The second-order valence-electron chi connectivity index (χ2n) is 4.05. The number of nitrogens with zero attached hydrogens (tertiary/aromatic N) is 1. The number of aliphatic hydroxyl groups is 1. The lowest BCUT2D eigenvalue weighted by atomic mass is 10.1. The molecule has 1 atom stereocenters. The molecular formula is C11H15ClN2O3. The predicted octanol–water partition coefficient (Wildman–Crippen LogP) is 2.60. The lowest BCUT2D eigenvalue weighted by Crippen LogP contribution is -2.15. The van der Waals surface area contributed by atoms with E-state index in [9.17, 15) is 10.1 Å². The molecule has 0 saturated carbocycles. The van der Waals surface area contributed by atoms with Crippen molar-refractivity contribution in [3.8, 4) is 0 Å². The molecule has 1 rings (SSSR count). The third-order valence-electron chi connectivity index (χ3n) is 2.42. The number of aliphatic hydroxyl groups excluding tert-OH is 1. The molecule has 5 nitrogen and oxygen atoms in total. The van der Waals surface area contributed by atoms with Crippen LogP contribution in [0, 0.1) is 23.0 Å². The quantitative estimate of drug-likeness (QED) is 0.629. The van der Waals surface area contributed by atoms with E-state index in [0.29, 0.717) is 22.8 Å². The second kappa shape index (κ2) is 5.84. The van der Waals surface area contributed by atoms with Crippen LogP contribution in [0.5, 0.6) is 0 Å². The predicted molar refractivity (Wildman–Crippen MR) is 67.6 cm³/mol. The monoisotopic (exact) mass is 258 g/mol. The van der Waals surface area contributed by atoms with Crippen LogP contribution in [0.15, 0.2) is 12.1 Å². The van der Waals surface area contributed by atoms with Crippen LogP contribution in [0.4, 0.5) is 11.4 Å². The average molecular weight is 259 g/mol. The molecule has 0 aromatic heterocycles. The third-order valence-corrected chi connectivity index (χ3v) is 2.72. The van der Waals surface area contributed by atoms with Gasteiger partial charge in [-0.1, -0.05) is 18.5 Å². The lowest BCUT2D eigenvalue weighted by molar-refractivity contribution is -0.384. The third kappa shape index (κ3) is 3.57. The number of hydrogen-bond acceptors (Lipinski definition) is 4. The van der Waals surface area contributed by atoms with Crippen LogP contribution in [-0.2, 0) is 0 Å². The Balaban J connectivity index is 2.90. The number of hydrogen-bond donors (Lipinski definition) is 2. The minimum absolute atomic E-state index is 0.0201. The first-order valence-electron chi connectivity index (χ1n) is 5.25. The zero-order valence-electron chi connectivity index (χ0n) is 9.74. The van der Waals surface area contributed by atoms with Crippen molar-refractivity contribution in [3.63, 3.8) is 0 Å². The summed E-state index contributed by atoms with van der Waals surface area (Å²) in [6.07, 6.45) is 0. The van der Waals surface area contributed by atoms with Gasteiger partial charge in [0.05, 0.1) is 15.6 Å². The first kappa shape index (κ1) is 13.7. The standard InChI is InChI=1S/C11H15ClN2O3/c1-7(6-15)5-13-11-8(2)3-9(14(16)17)4-10(11)12/h3-4,7,13,15H,5-6H2,1-2H3. The summed E-state index contributed by atoms with van der Waals surface area (Å²) >= 11 is 5.98. The maximum absolute atomic E-state index is 10.6. The Kier molecular flexibility index (Phi) is 4.72. The number of rotatable bonds is 5. The average Bonchev–Trinajstić information content (AvgIpc) is 2.27. The smallest absolute Gasteiger partial charge is 0.271 e. The SMILES string of the molecule is Cc1cc([N+](=O)[O-])cc(Cl)c1NCC(C)CO. The summed E-state index contributed by atoms with van der Waals surface area (Å²) < 4.78 is 0. The van der Waals surface area contributed by atoms with Gasteiger partial charge in [0.15, 0.2) is 0 Å². The number of non-ortho nitro benzene ring substituents is 1. The molecule has 0 aliphatic heterocycles. The maximum Gasteiger partial charge on any atom is 0.271 e. The van der Waals surface area contributed by atoms with Gasteiger partial charge in [0.2, 0.25) is 0 Å². The van der Waals surface area contributed by atoms with Crippen molar-refractivity contribution >= 4 is 23.0 Å². The van der Waals surface area contributed by atoms with Gasteiger partial charge in [0, 0.05) is 25.3 Å². The topological polar surface area (TPSA) is 75.4 Å².